The Balaban J connectivity index is 2.05. The summed E-state index contributed by atoms with van der Waals surface area (Å²) in [6.07, 6.45) is -3.80. The first kappa shape index (κ1) is 17.6. The van der Waals surface area contributed by atoms with Gasteiger partial charge in [0.05, 0.1) is 12.5 Å². The first-order valence-electron chi connectivity index (χ1n) is 7.61. The third-order valence-electron chi connectivity index (χ3n) is 4.16. The molecule has 0 unspecified atom stereocenters. The molecule has 1 N–H and O–H groups in total. The molecule has 1 aliphatic heterocycles. The van der Waals surface area contributed by atoms with E-state index in [1.54, 1.807) is 24.3 Å². The van der Waals surface area contributed by atoms with Crippen molar-refractivity contribution in [3.8, 4) is 0 Å². The average Bonchev–Trinajstić information content (AvgIpc) is 2.54. The highest BCUT2D eigenvalue weighted by Gasteiger charge is 2.42. The molecular formula is C16H21F3N2O2. The van der Waals surface area contributed by atoms with Crippen LogP contribution >= 0.6 is 0 Å². The van der Waals surface area contributed by atoms with Crippen molar-refractivity contribution < 1.29 is 23.1 Å². The molecule has 0 bridgehead atoms. The number of piperidine rings is 1. The Labute approximate surface area is 133 Å². The number of benzene rings is 1. The van der Waals surface area contributed by atoms with Crippen molar-refractivity contribution in [2.24, 2.45) is 5.92 Å². The second kappa shape index (κ2) is 7.21. The zero-order valence-electron chi connectivity index (χ0n) is 13.0. The zero-order valence-corrected chi connectivity index (χ0v) is 13.0. The highest BCUT2D eigenvalue weighted by Crippen LogP contribution is 2.33. The number of amides is 1. The van der Waals surface area contributed by atoms with Crippen LogP contribution in [0.4, 0.5) is 18.9 Å². The van der Waals surface area contributed by atoms with Gasteiger partial charge >= 0.3 is 6.18 Å². The van der Waals surface area contributed by atoms with Crippen LogP contribution in [0.15, 0.2) is 24.3 Å². The lowest BCUT2D eigenvalue weighted by Crippen LogP contribution is -2.44. The Kier molecular flexibility index (Phi) is 5.51. The highest BCUT2D eigenvalue weighted by molar-refractivity contribution is 5.94. The number of likely N-dealkylation sites (tertiary alicyclic amines) is 1. The minimum Gasteiger partial charge on any atom is -0.395 e. The first-order valence-corrected chi connectivity index (χ1v) is 7.61. The molecule has 1 aromatic carbocycles. The van der Waals surface area contributed by atoms with Crippen LogP contribution in [-0.2, 0) is 0 Å². The first-order chi connectivity index (χ1) is 10.8. The number of aliphatic hydroxyl groups is 1. The average molecular weight is 330 g/mol. The van der Waals surface area contributed by atoms with E-state index in [2.05, 4.69) is 0 Å². The molecule has 0 saturated carbocycles. The summed E-state index contributed by atoms with van der Waals surface area (Å²) in [5.41, 5.74) is 1.22. The van der Waals surface area contributed by atoms with Crippen molar-refractivity contribution in [3.05, 3.63) is 29.8 Å². The molecule has 0 aromatic heterocycles. The van der Waals surface area contributed by atoms with Gasteiger partial charge in [0, 0.05) is 37.9 Å². The molecule has 128 valence electrons. The number of carbonyl (C=O) groups is 1. The summed E-state index contributed by atoms with van der Waals surface area (Å²) in [6.45, 7) is 0.572. The number of hydrogen-bond acceptors (Lipinski definition) is 3. The van der Waals surface area contributed by atoms with Gasteiger partial charge in [0.1, 0.15) is 0 Å². The number of nitrogens with zero attached hydrogens (tertiary/aromatic N) is 2. The van der Waals surface area contributed by atoms with Crippen LogP contribution in [0.2, 0.25) is 0 Å². The Hall–Kier alpha value is -1.76. The van der Waals surface area contributed by atoms with E-state index in [4.69, 9.17) is 5.11 Å². The van der Waals surface area contributed by atoms with E-state index >= 15 is 0 Å². The molecule has 1 aromatic rings. The van der Waals surface area contributed by atoms with Crippen LogP contribution in [0.5, 0.6) is 0 Å². The molecule has 23 heavy (non-hydrogen) atoms. The van der Waals surface area contributed by atoms with E-state index in [1.165, 1.54) is 4.90 Å². The monoisotopic (exact) mass is 330 g/mol. The molecule has 2 rings (SSSR count). The molecule has 1 aliphatic rings. The fraction of sp³-hybridized carbons (Fsp3) is 0.562. The van der Waals surface area contributed by atoms with Crippen LogP contribution in [-0.4, -0.2) is 55.4 Å². The summed E-state index contributed by atoms with van der Waals surface area (Å²) in [4.78, 5) is 15.5. The van der Waals surface area contributed by atoms with Crippen molar-refractivity contribution in [3.63, 3.8) is 0 Å². The maximum Gasteiger partial charge on any atom is 0.393 e. The summed E-state index contributed by atoms with van der Waals surface area (Å²) in [6, 6.07) is 6.69. The fourth-order valence-corrected chi connectivity index (χ4v) is 2.75. The van der Waals surface area contributed by atoms with Crippen molar-refractivity contribution in [2.45, 2.75) is 19.0 Å². The molecule has 0 radical (unpaired) electrons. The molecule has 1 atom stereocenters. The largest absolute Gasteiger partial charge is 0.395 e. The molecule has 1 amide bonds. The SMILES string of the molecule is CN(CCO)c1ccc(C(=O)N2CCC[C@@H](C(F)(F)F)C2)cc1. The van der Waals surface area contributed by atoms with Crippen LogP contribution in [0.3, 0.4) is 0 Å². The van der Waals surface area contributed by atoms with Gasteiger partial charge in [-0.3, -0.25) is 4.79 Å². The van der Waals surface area contributed by atoms with Crippen LogP contribution in [0.25, 0.3) is 0 Å². The summed E-state index contributed by atoms with van der Waals surface area (Å²) in [7, 11) is 1.81. The number of halogens is 3. The van der Waals surface area contributed by atoms with Gasteiger partial charge in [0.2, 0.25) is 0 Å². The lowest BCUT2D eigenvalue weighted by atomic mass is 9.97. The Bertz CT molecular complexity index is 531. The van der Waals surface area contributed by atoms with Crippen LogP contribution in [0.1, 0.15) is 23.2 Å². The van der Waals surface area contributed by atoms with Crippen molar-refractivity contribution in [2.75, 3.05) is 38.2 Å². The summed E-state index contributed by atoms with van der Waals surface area (Å²) >= 11 is 0. The Morgan fingerprint density at radius 2 is 2.00 bits per heavy atom. The van der Waals surface area contributed by atoms with Crippen molar-refractivity contribution >= 4 is 11.6 Å². The number of rotatable bonds is 4. The summed E-state index contributed by atoms with van der Waals surface area (Å²) in [5, 5.41) is 8.91. The molecule has 1 fully saturated rings. The van der Waals surface area contributed by atoms with Gasteiger partial charge in [-0.15, -0.1) is 0 Å². The summed E-state index contributed by atoms with van der Waals surface area (Å²) in [5.74, 6) is -1.80. The van der Waals surface area contributed by atoms with Crippen molar-refractivity contribution in [1.82, 2.24) is 4.90 Å². The molecular weight excluding hydrogens is 309 g/mol. The number of hydrogen-bond donors (Lipinski definition) is 1. The van der Waals surface area contributed by atoms with Gasteiger partial charge in [-0.25, -0.2) is 0 Å². The second-order valence-electron chi connectivity index (χ2n) is 5.82. The third kappa shape index (κ3) is 4.37. The molecule has 1 saturated heterocycles. The molecule has 4 nitrogen and oxygen atoms in total. The second-order valence-corrected chi connectivity index (χ2v) is 5.82. The van der Waals surface area contributed by atoms with Gasteiger partial charge in [0.15, 0.2) is 0 Å². The van der Waals surface area contributed by atoms with Gasteiger partial charge < -0.3 is 14.9 Å². The number of aliphatic hydroxyl groups excluding tert-OH is 1. The summed E-state index contributed by atoms with van der Waals surface area (Å²) < 4.78 is 38.5. The topological polar surface area (TPSA) is 43.8 Å². The van der Waals surface area contributed by atoms with E-state index in [0.29, 0.717) is 25.1 Å². The maximum atomic E-state index is 12.8. The van der Waals surface area contributed by atoms with E-state index < -0.39 is 12.1 Å². The maximum absolute atomic E-state index is 12.8. The van der Waals surface area contributed by atoms with E-state index in [-0.39, 0.29) is 25.5 Å². The lowest BCUT2D eigenvalue weighted by molar-refractivity contribution is -0.184. The van der Waals surface area contributed by atoms with Gasteiger partial charge in [0.25, 0.3) is 5.91 Å². The number of anilines is 1. The normalized spacial score (nSPS) is 18.8. The van der Waals surface area contributed by atoms with Crippen LogP contribution < -0.4 is 4.90 Å². The zero-order chi connectivity index (χ0) is 17.0. The Morgan fingerprint density at radius 3 is 2.57 bits per heavy atom. The number of carbonyl (C=O) groups excluding carboxylic acids is 1. The minimum absolute atomic E-state index is 0.0176. The number of alkyl halides is 3. The van der Waals surface area contributed by atoms with Gasteiger partial charge in [-0.2, -0.15) is 13.2 Å². The third-order valence-corrected chi connectivity index (χ3v) is 4.16. The minimum atomic E-state index is -4.25. The molecule has 0 aliphatic carbocycles. The highest BCUT2D eigenvalue weighted by atomic mass is 19.4. The quantitative estimate of drug-likeness (QED) is 0.923. The van der Waals surface area contributed by atoms with Crippen molar-refractivity contribution in [1.29, 1.82) is 0 Å². The van der Waals surface area contributed by atoms with E-state index in [9.17, 15) is 18.0 Å². The van der Waals surface area contributed by atoms with Gasteiger partial charge in [-0.05, 0) is 37.1 Å². The standard InChI is InChI=1S/C16H21F3N2O2/c1-20(9-10-22)14-6-4-12(5-7-14)15(23)21-8-2-3-13(11-21)16(17,18)19/h4-7,13,22H,2-3,8-11H2,1H3/t13-/m1/s1. The van der Waals surface area contributed by atoms with Crippen LogP contribution in [0, 0.1) is 5.92 Å². The molecule has 0 spiro atoms. The number of likely N-dealkylation sites (N-methyl/N-ethyl adjacent to an activating group) is 1. The van der Waals surface area contributed by atoms with E-state index in [0.717, 1.165) is 5.69 Å². The molecule has 7 heteroatoms. The predicted octanol–water partition coefficient (Wildman–Crippen LogP) is 2.53. The predicted molar refractivity (Wildman–Crippen MR) is 81.5 cm³/mol. The lowest BCUT2D eigenvalue weighted by Gasteiger charge is -2.33. The van der Waals surface area contributed by atoms with Gasteiger partial charge in [-0.1, -0.05) is 0 Å². The molecule has 1 heterocycles. The Morgan fingerprint density at radius 1 is 1.35 bits per heavy atom. The fourth-order valence-electron chi connectivity index (χ4n) is 2.75. The van der Waals surface area contributed by atoms with E-state index in [1.807, 2.05) is 11.9 Å². The smallest absolute Gasteiger partial charge is 0.393 e.